The third kappa shape index (κ3) is 11.0. The number of carbonyl (C=O) groups is 3. The Morgan fingerprint density at radius 1 is 0.171 bits per heavy atom. The Morgan fingerprint density at radius 3 is 0.329 bits per heavy atom. The number of carbonyl (C=O) groups excluding carboxylic acids is 3. The number of alkyl halides is 45. The van der Waals surface area contributed by atoms with Crippen molar-refractivity contribution in [2.24, 2.45) is 0 Å². The quantitative estimate of drug-likeness (QED) is 0.126. The van der Waals surface area contributed by atoms with E-state index in [4.69, 9.17) is 0 Å². The first-order valence-corrected chi connectivity index (χ1v) is 15.0. The second-order valence-corrected chi connectivity index (χ2v) is 12.7. The zero-order valence-corrected chi connectivity index (χ0v) is 33.4. The van der Waals surface area contributed by atoms with Gasteiger partial charge in [-0.2, -0.15) is 198 Å². The van der Waals surface area contributed by atoms with Crippen LogP contribution in [-0.2, 0) is 14.4 Å². The maximum atomic E-state index is 12.8. The number of aliphatic carboxylic acids is 3. The van der Waals surface area contributed by atoms with Gasteiger partial charge in [-0.1, -0.05) is 0 Å². The van der Waals surface area contributed by atoms with Crippen molar-refractivity contribution in [3.63, 3.8) is 0 Å². The molecular weight excluding hydrogens is 1410 g/mol. The van der Waals surface area contributed by atoms with Crippen molar-refractivity contribution in [3.05, 3.63) is 0 Å². The van der Waals surface area contributed by atoms with Gasteiger partial charge in [-0.05, 0) is 0 Å². The molecule has 0 saturated heterocycles. The Morgan fingerprint density at radius 2 is 0.250 bits per heavy atom. The van der Waals surface area contributed by atoms with E-state index in [9.17, 15) is 227 Å². The van der Waals surface area contributed by atoms with E-state index in [-0.39, 0.29) is 46.9 Å². The molecule has 0 aliphatic carbocycles. The minimum atomic E-state index is -8.50. The van der Waals surface area contributed by atoms with Crippen LogP contribution >= 0.6 is 0 Å². The van der Waals surface area contributed by atoms with Crippen molar-refractivity contribution in [2.75, 3.05) is 0 Å². The van der Waals surface area contributed by atoms with Crippen LogP contribution in [0.4, 0.5) is 198 Å². The molecule has 1 radical (unpaired) electrons. The fraction of sp³-hybridized carbons (Fsp3) is 0.875. The first-order chi connectivity index (χ1) is 31.3. The van der Waals surface area contributed by atoms with Crippen molar-refractivity contribution in [1.82, 2.24) is 0 Å². The predicted octanol–water partition coefficient (Wildman–Crippen LogP) is 9.33. The van der Waals surface area contributed by atoms with Crippen molar-refractivity contribution in [2.45, 2.75) is 125 Å². The summed E-state index contributed by atoms with van der Waals surface area (Å²) in [6, 6.07) is 0. The van der Waals surface area contributed by atoms with E-state index in [1.807, 2.05) is 0 Å². The topological polar surface area (TPSA) is 120 Å². The molecule has 76 heavy (non-hydrogen) atoms. The summed E-state index contributed by atoms with van der Waals surface area (Å²) in [5.74, 6) is -160. The minimum absolute atomic E-state index is 0. The smallest absolute Gasteiger partial charge is 0.544 e. The average Bonchev–Trinajstić information content (AvgIpc) is 3.15. The SMILES string of the molecule is O=C([O-])C(F)(F)C(F)(F)C(F)(F)C(F)(F)C(F)(F)C(F)(F)C(F)(F)F.O=C([O-])C(F)(F)C(F)(F)C(F)(F)C(F)(F)C(F)(F)C(F)(F)C(F)(F)F.O=C([O-])C(F)(F)C(F)(F)C(F)(F)C(F)(F)C(F)(F)C(F)(F)C(F)(F)F.[Yb+3]. The number of carboxylic acids is 3. The standard InChI is InChI=1S/3C8HF15O2.Yb/c3*9-2(10,1(24)25)3(11,12)4(13,14)5(15,16)6(17,18)7(19,20)8(21,22)23;/h3*(H,24,25);/q;;;+3/p-3. The zero-order chi connectivity index (χ0) is 63.2. The molecule has 461 valence electrons. The maximum absolute atomic E-state index is 12.8. The van der Waals surface area contributed by atoms with Gasteiger partial charge in [0.15, 0.2) is 0 Å². The average molecular weight is 1410 g/mol. The Kier molecular flexibility index (Phi) is 21.6. The number of halogens is 45. The van der Waals surface area contributed by atoms with E-state index in [1.165, 1.54) is 0 Å². The van der Waals surface area contributed by atoms with Gasteiger partial charge in [-0.3, -0.25) is 0 Å². The van der Waals surface area contributed by atoms with Gasteiger partial charge in [0, 0.05) is 0 Å². The van der Waals surface area contributed by atoms with Crippen LogP contribution in [0.1, 0.15) is 0 Å². The van der Waals surface area contributed by atoms with Crippen LogP contribution in [0.5, 0.6) is 0 Å². The summed E-state index contributed by atoms with van der Waals surface area (Å²) in [7, 11) is 0. The van der Waals surface area contributed by atoms with Gasteiger partial charge < -0.3 is 29.7 Å². The van der Waals surface area contributed by atoms with Gasteiger partial charge in [-0.25, -0.2) is 0 Å². The summed E-state index contributed by atoms with van der Waals surface area (Å²) in [6.07, 6.45) is -23.1. The van der Waals surface area contributed by atoms with Crippen LogP contribution in [-0.4, -0.2) is 143 Å². The number of hydrogen-bond acceptors (Lipinski definition) is 6. The molecular formula is C24F45O6Yb. The Balaban J connectivity index is -0.000000508. The summed E-state index contributed by atoms with van der Waals surface area (Å²) >= 11 is 0. The number of carboxylic acid groups (broad SMARTS) is 3. The summed E-state index contributed by atoms with van der Waals surface area (Å²) < 4.78 is 559. The van der Waals surface area contributed by atoms with E-state index in [1.54, 1.807) is 0 Å². The monoisotopic (exact) mass is 1410 g/mol. The molecule has 0 heterocycles. The number of hydrogen-bond donors (Lipinski definition) is 0. The molecule has 0 aromatic rings. The van der Waals surface area contributed by atoms with E-state index in [0.717, 1.165) is 0 Å². The van der Waals surface area contributed by atoms with Crippen molar-refractivity contribution in [1.29, 1.82) is 0 Å². The zero-order valence-electron chi connectivity index (χ0n) is 31.7. The van der Waals surface area contributed by atoms with E-state index in [0.29, 0.717) is 0 Å². The largest absolute Gasteiger partial charge is 3.00 e. The molecule has 0 aliphatic rings. The van der Waals surface area contributed by atoms with E-state index >= 15 is 0 Å². The van der Waals surface area contributed by atoms with Gasteiger partial charge in [0.05, 0.1) is 0 Å². The van der Waals surface area contributed by atoms with Crippen LogP contribution in [0.15, 0.2) is 0 Å². The van der Waals surface area contributed by atoms with Crippen LogP contribution in [0, 0.1) is 46.9 Å². The van der Waals surface area contributed by atoms with Crippen molar-refractivity contribution >= 4 is 17.9 Å². The summed E-state index contributed by atoms with van der Waals surface area (Å²) in [5, 5.41) is 28.8. The molecule has 0 saturated carbocycles. The van der Waals surface area contributed by atoms with Crippen molar-refractivity contribution < 1.29 is 274 Å². The maximum Gasteiger partial charge on any atom is 3.00 e. The van der Waals surface area contributed by atoms with Crippen LogP contribution in [0.2, 0.25) is 0 Å². The fourth-order valence-corrected chi connectivity index (χ4v) is 3.28. The minimum Gasteiger partial charge on any atom is -0.544 e. The molecule has 0 fully saturated rings. The van der Waals surface area contributed by atoms with E-state index < -0.39 is 143 Å². The Hall–Kier alpha value is -3.22. The molecule has 0 amide bonds. The van der Waals surface area contributed by atoms with Gasteiger partial charge in [0.25, 0.3) is 0 Å². The molecule has 0 N–H and O–H groups in total. The van der Waals surface area contributed by atoms with Crippen LogP contribution < -0.4 is 15.3 Å². The Bertz CT molecular complexity index is 1830. The summed E-state index contributed by atoms with van der Waals surface area (Å²) in [4.78, 5) is 28.8. The van der Waals surface area contributed by atoms with Gasteiger partial charge in [-0.15, -0.1) is 0 Å². The molecule has 0 atom stereocenters. The van der Waals surface area contributed by atoms with Gasteiger partial charge in [0.2, 0.25) is 0 Å². The molecule has 6 nitrogen and oxygen atoms in total. The molecule has 0 aromatic carbocycles. The summed E-state index contributed by atoms with van der Waals surface area (Å²) in [6.45, 7) is 0. The van der Waals surface area contributed by atoms with E-state index in [2.05, 4.69) is 0 Å². The molecule has 0 aliphatic heterocycles. The fourth-order valence-electron chi connectivity index (χ4n) is 3.28. The second-order valence-electron chi connectivity index (χ2n) is 12.7. The van der Waals surface area contributed by atoms with Crippen LogP contribution in [0.25, 0.3) is 0 Å². The molecule has 0 rings (SSSR count). The molecule has 0 unspecified atom stereocenters. The molecule has 0 spiro atoms. The normalized spacial score (nSPS) is 15.9. The van der Waals surface area contributed by atoms with Crippen LogP contribution in [0.3, 0.4) is 0 Å². The second kappa shape index (κ2) is 20.7. The number of rotatable bonds is 18. The summed E-state index contributed by atoms with van der Waals surface area (Å²) in [5.41, 5.74) is 0. The molecule has 52 heteroatoms. The first-order valence-electron chi connectivity index (χ1n) is 15.0. The molecule has 0 aromatic heterocycles. The van der Waals surface area contributed by atoms with Gasteiger partial charge >= 0.3 is 172 Å². The van der Waals surface area contributed by atoms with Crippen molar-refractivity contribution in [3.8, 4) is 0 Å². The third-order valence-electron chi connectivity index (χ3n) is 7.75. The first kappa shape index (κ1) is 79.3. The van der Waals surface area contributed by atoms with Gasteiger partial charge in [0.1, 0.15) is 17.9 Å². The Labute approximate surface area is 416 Å². The predicted molar refractivity (Wildman–Crippen MR) is 122 cm³/mol. The molecule has 0 bridgehead atoms. The third-order valence-corrected chi connectivity index (χ3v) is 7.75.